The third kappa shape index (κ3) is 4.94. The number of hydrogen-bond acceptors (Lipinski definition) is 3. The van der Waals surface area contributed by atoms with E-state index < -0.39 is 0 Å². The van der Waals surface area contributed by atoms with Gasteiger partial charge in [-0.15, -0.1) is 0 Å². The van der Waals surface area contributed by atoms with Gasteiger partial charge in [0.1, 0.15) is 0 Å². The second kappa shape index (κ2) is 7.41. The quantitative estimate of drug-likeness (QED) is 0.766. The van der Waals surface area contributed by atoms with Gasteiger partial charge in [-0.3, -0.25) is 4.79 Å². The van der Waals surface area contributed by atoms with Gasteiger partial charge < -0.3 is 15.4 Å². The normalized spacial score (nSPS) is 15.9. The number of rotatable bonds is 8. The van der Waals surface area contributed by atoms with Gasteiger partial charge in [-0.1, -0.05) is 19.1 Å². The van der Waals surface area contributed by atoms with Crippen LogP contribution in [0.15, 0.2) is 24.3 Å². The molecule has 2 rings (SSSR count). The molecule has 1 aliphatic carbocycles. The Morgan fingerprint density at radius 1 is 1.45 bits per heavy atom. The van der Waals surface area contributed by atoms with Crippen LogP contribution in [0.3, 0.4) is 0 Å². The zero-order valence-electron chi connectivity index (χ0n) is 12.3. The second-order valence-corrected chi connectivity index (χ2v) is 5.61. The number of carbonyl (C=O) groups excluding carboxylic acids is 1. The fraction of sp³-hybridized carbons (Fsp3) is 0.562. The summed E-state index contributed by atoms with van der Waals surface area (Å²) in [6, 6.07) is 7.87. The molecule has 1 unspecified atom stereocenters. The van der Waals surface area contributed by atoms with Crippen molar-refractivity contribution in [1.29, 1.82) is 0 Å². The molecule has 1 saturated carbocycles. The number of benzene rings is 1. The van der Waals surface area contributed by atoms with E-state index in [9.17, 15) is 4.79 Å². The summed E-state index contributed by atoms with van der Waals surface area (Å²) in [4.78, 5) is 11.9. The van der Waals surface area contributed by atoms with Gasteiger partial charge in [0.05, 0.1) is 6.61 Å². The molecule has 0 aliphatic heterocycles. The van der Waals surface area contributed by atoms with Crippen LogP contribution < -0.4 is 10.6 Å². The number of carbonyl (C=O) groups is 1. The summed E-state index contributed by atoms with van der Waals surface area (Å²) in [5.74, 6) is 0.769. The summed E-state index contributed by atoms with van der Waals surface area (Å²) in [5, 5.41) is 5.95. The Hall–Kier alpha value is -1.39. The Kier molecular flexibility index (Phi) is 5.56. The van der Waals surface area contributed by atoms with E-state index in [1.807, 2.05) is 38.2 Å². The molecule has 0 radical (unpaired) electrons. The SMILES string of the molecule is CNCC(C)C(=O)Nc1cccc(COCC2CC2)c1. The maximum absolute atomic E-state index is 11.9. The van der Waals surface area contributed by atoms with E-state index >= 15 is 0 Å². The first-order valence-electron chi connectivity index (χ1n) is 7.31. The minimum Gasteiger partial charge on any atom is -0.376 e. The van der Waals surface area contributed by atoms with Crippen LogP contribution in [-0.2, 0) is 16.1 Å². The highest BCUT2D eigenvalue weighted by atomic mass is 16.5. The largest absolute Gasteiger partial charge is 0.376 e. The van der Waals surface area contributed by atoms with Gasteiger partial charge in [-0.05, 0) is 43.5 Å². The van der Waals surface area contributed by atoms with Crippen LogP contribution in [0.1, 0.15) is 25.3 Å². The average molecular weight is 276 g/mol. The van der Waals surface area contributed by atoms with Crippen LogP contribution in [0.2, 0.25) is 0 Å². The highest BCUT2D eigenvalue weighted by Gasteiger charge is 2.21. The average Bonchev–Trinajstić information content (AvgIpc) is 3.23. The smallest absolute Gasteiger partial charge is 0.228 e. The zero-order chi connectivity index (χ0) is 14.4. The molecule has 0 aromatic heterocycles. The van der Waals surface area contributed by atoms with Crippen LogP contribution in [0.5, 0.6) is 0 Å². The topological polar surface area (TPSA) is 50.4 Å². The highest BCUT2D eigenvalue weighted by molar-refractivity contribution is 5.92. The zero-order valence-corrected chi connectivity index (χ0v) is 12.3. The van der Waals surface area contributed by atoms with Gasteiger partial charge in [0.25, 0.3) is 0 Å². The number of ether oxygens (including phenoxy) is 1. The van der Waals surface area contributed by atoms with E-state index in [2.05, 4.69) is 10.6 Å². The van der Waals surface area contributed by atoms with Crippen molar-refractivity contribution < 1.29 is 9.53 Å². The van der Waals surface area contributed by atoms with Crippen LogP contribution in [-0.4, -0.2) is 26.1 Å². The van der Waals surface area contributed by atoms with Gasteiger partial charge in [0.15, 0.2) is 0 Å². The first-order valence-corrected chi connectivity index (χ1v) is 7.31. The van der Waals surface area contributed by atoms with Crippen molar-refractivity contribution in [2.24, 2.45) is 11.8 Å². The molecule has 2 N–H and O–H groups in total. The fourth-order valence-corrected chi connectivity index (χ4v) is 2.03. The fourth-order valence-electron chi connectivity index (χ4n) is 2.03. The van der Waals surface area contributed by atoms with Gasteiger partial charge >= 0.3 is 0 Å². The van der Waals surface area contributed by atoms with Crippen molar-refractivity contribution in [3.8, 4) is 0 Å². The lowest BCUT2D eigenvalue weighted by molar-refractivity contribution is -0.119. The molecule has 0 heterocycles. The van der Waals surface area contributed by atoms with Crippen LogP contribution in [0.4, 0.5) is 5.69 Å². The van der Waals surface area contributed by atoms with Gasteiger partial charge in [-0.2, -0.15) is 0 Å². The molecule has 4 nitrogen and oxygen atoms in total. The van der Waals surface area contributed by atoms with Crippen molar-refractivity contribution in [2.75, 3.05) is 25.5 Å². The maximum Gasteiger partial charge on any atom is 0.228 e. The van der Waals surface area contributed by atoms with Crippen molar-refractivity contribution in [3.05, 3.63) is 29.8 Å². The lowest BCUT2D eigenvalue weighted by Crippen LogP contribution is -2.28. The lowest BCUT2D eigenvalue weighted by atomic mass is 10.1. The molecule has 1 aromatic rings. The van der Waals surface area contributed by atoms with Gasteiger partial charge in [0.2, 0.25) is 5.91 Å². The Labute approximate surface area is 120 Å². The van der Waals surface area contributed by atoms with E-state index in [0.29, 0.717) is 13.2 Å². The summed E-state index contributed by atoms with van der Waals surface area (Å²) in [6.45, 7) is 4.06. The van der Waals surface area contributed by atoms with Gasteiger partial charge in [-0.25, -0.2) is 0 Å². The molecular formula is C16H24N2O2. The minimum absolute atomic E-state index is 0.0374. The number of anilines is 1. The van der Waals surface area contributed by atoms with Crippen molar-refractivity contribution in [3.63, 3.8) is 0 Å². The summed E-state index contributed by atoms with van der Waals surface area (Å²) in [5.41, 5.74) is 1.94. The summed E-state index contributed by atoms with van der Waals surface area (Å²) in [6.07, 6.45) is 2.61. The Morgan fingerprint density at radius 2 is 2.25 bits per heavy atom. The van der Waals surface area contributed by atoms with Crippen molar-refractivity contribution >= 4 is 11.6 Å². The number of amides is 1. The molecule has 1 fully saturated rings. The highest BCUT2D eigenvalue weighted by Crippen LogP contribution is 2.29. The first kappa shape index (κ1) is 15.0. The molecule has 4 heteroatoms. The van der Waals surface area contributed by atoms with E-state index in [1.54, 1.807) is 0 Å². The van der Waals surface area contributed by atoms with Crippen LogP contribution >= 0.6 is 0 Å². The molecule has 20 heavy (non-hydrogen) atoms. The summed E-state index contributed by atoms with van der Waals surface area (Å²) < 4.78 is 5.67. The minimum atomic E-state index is -0.0465. The van der Waals surface area contributed by atoms with E-state index in [-0.39, 0.29) is 11.8 Å². The van der Waals surface area contributed by atoms with Crippen molar-refractivity contribution in [2.45, 2.75) is 26.4 Å². The summed E-state index contributed by atoms with van der Waals surface area (Å²) >= 11 is 0. The molecule has 110 valence electrons. The second-order valence-electron chi connectivity index (χ2n) is 5.61. The van der Waals surface area contributed by atoms with Gasteiger partial charge in [0, 0.05) is 24.8 Å². The van der Waals surface area contributed by atoms with Crippen LogP contribution in [0, 0.1) is 11.8 Å². The molecule has 0 saturated heterocycles. The predicted molar refractivity (Wildman–Crippen MR) is 80.5 cm³/mol. The summed E-state index contributed by atoms with van der Waals surface area (Å²) in [7, 11) is 1.85. The number of nitrogens with one attached hydrogen (secondary N) is 2. The van der Waals surface area contributed by atoms with E-state index in [0.717, 1.165) is 23.8 Å². The molecular weight excluding hydrogens is 252 g/mol. The van der Waals surface area contributed by atoms with E-state index in [4.69, 9.17) is 4.74 Å². The van der Waals surface area contributed by atoms with Crippen molar-refractivity contribution in [1.82, 2.24) is 5.32 Å². The predicted octanol–water partition coefficient (Wildman–Crippen LogP) is 2.41. The van der Waals surface area contributed by atoms with Crippen LogP contribution in [0.25, 0.3) is 0 Å². The molecule has 1 aromatic carbocycles. The van der Waals surface area contributed by atoms with E-state index in [1.165, 1.54) is 12.8 Å². The monoisotopic (exact) mass is 276 g/mol. The lowest BCUT2D eigenvalue weighted by Gasteiger charge is -2.12. The Balaban J connectivity index is 1.82. The molecule has 1 amide bonds. The number of hydrogen-bond donors (Lipinski definition) is 2. The third-order valence-corrected chi connectivity index (χ3v) is 3.47. The molecule has 0 spiro atoms. The first-order chi connectivity index (χ1) is 9.69. The molecule has 0 bridgehead atoms. The maximum atomic E-state index is 11.9. The third-order valence-electron chi connectivity index (χ3n) is 3.47. The Morgan fingerprint density at radius 3 is 2.95 bits per heavy atom. The molecule has 1 atom stereocenters. The Bertz CT molecular complexity index is 444. The standard InChI is InChI=1S/C16H24N2O2/c1-12(9-17-2)16(19)18-15-5-3-4-14(8-15)11-20-10-13-6-7-13/h3-5,8,12-13,17H,6-7,9-11H2,1-2H3,(H,18,19). The molecule has 1 aliphatic rings.